The minimum absolute atomic E-state index is 0.112. The predicted molar refractivity (Wildman–Crippen MR) is 130 cm³/mol. The number of rotatable bonds is 24. The molecular formula is C26H49NO4. The van der Waals surface area contributed by atoms with E-state index in [0.29, 0.717) is 6.54 Å². The van der Waals surface area contributed by atoms with Crippen LogP contribution in [0.5, 0.6) is 0 Å². The minimum Gasteiger partial charge on any atom is -0.481 e. The highest BCUT2D eigenvalue weighted by Crippen LogP contribution is 2.12. The van der Waals surface area contributed by atoms with Crippen molar-refractivity contribution in [3.63, 3.8) is 0 Å². The van der Waals surface area contributed by atoms with Crippen molar-refractivity contribution >= 4 is 11.9 Å². The first kappa shape index (κ1) is 29.6. The Kier molecular flexibility index (Phi) is 22.3. The third kappa shape index (κ3) is 23.1. The van der Waals surface area contributed by atoms with Crippen molar-refractivity contribution in [3.8, 4) is 0 Å². The number of unbranched alkanes of at least 4 members (excludes halogenated alkanes) is 15. The molecule has 0 aliphatic heterocycles. The van der Waals surface area contributed by atoms with E-state index in [1.54, 1.807) is 0 Å². The highest BCUT2D eigenvalue weighted by atomic mass is 16.4. The van der Waals surface area contributed by atoms with Gasteiger partial charge in [0, 0.05) is 6.42 Å². The zero-order valence-electron chi connectivity index (χ0n) is 20.1. The second-order valence-electron chi connectivity index (χ2n) is 8.78. The van der Waals surface area contributed by atoms with Crippen LogP contribution in [0.3, 0.4) is 0 Å². The molecule has 0 aromatic rings. The summed E-state index contributed by atoms with van der Waals surface area (Å²) in [6.45, 7) is 2.91. The van der Waals surface area contributed by atoms with E-state index in [9.17, 15) is 9.59 Å². The summed E-state index contributed by atoms with van der Waals surface area (Å²) in [5.41, 5.74) is 0. The zero-order chi connectivity index (χ0) is 23.0. The van der Waals surface area contributed by atoms with Crippen molar-refractivity contribution in [3.05, 3.63) is 12.2 Å². The topological polar surface area (TPSA) is 86.6 Å². The fraction of sp³-hybridized carbons (Fsp3) is 0.846. The van der Waals surface area contributed by atoms with Crippen molar-refractivity contribution in [2.24, 2.45) is 0 Å². The van der Waals surface area contributed by atoms with Gasteiger partial charge in [-0.1, -0.05) is 96.1 Å². The molecule has 1 atom stereocenters. The normalized spacial score (nSPS) is 12.4. The molecule has 0 unspecified atom stereocenters. The SMILES string of the molecule is CCCCCCCC/C=C\CCCCCCCCCCCN[C@@H](CCC(=O)O)C(=O)O. The van der Waals surface area contributed by atoms with Crippen molar-refractivity contribution in [2.75, 3.05) is 6.54 Å². The lowest BCUT2D eigenvalue weighted by atomic mass is 10.1. The molecule has 31 heavy (non-hydrogen) atoms. The Morgan fingerprint density at radius 3 is 1.61 bits per heavy atom. The second kappa shape index (κ2) is 23.3. The Bertz CT molecular complexity index is 451. The zero-order valence-corrected chi connectivity index (χ0v) is 20.1. The molecule has 0 fully saturated rings. The number of nitrogens with one attached hydrogen (secondary N) is 1. The van der Waals surface area contributed by atoms with E-state index in [-0.39, 0.29) is 12.8 Å². The average Bonchev–Trinajstić information content (AvgIpc) is 2.73. The number of carbonyl (C=O) groups is 2. The molecule has 182 valence electrons. The smallest absolute Gasteiger partial charge is 0.320 e. The maximum Gasteiger partial charge on any atom is 0.320 e. The number of hydrogen-bond acceptors (Lipinski definition) is 3. The molecule has 0 aliphatic carbocycles. The lowest BCUT2D eigenvalue weighted by molar-refractivity contribution is -0.140. The van der Waals surface area contributed by atoms with Crippen LogP contribution in [-0.4, -0.2) is 34.7 Å². The Labute approximate surface area is 191 Å². The summed E-state index contributed by atoms with van der Waals surface area (Å²) in [6, 6.07) is -0.749. The summed E-state index contributed by atoms with van der Waals surface area (Å²) in [7, 11) is 0. The maximum absolute atomic E-state index is 11.1. The van der Waals surface area contributed by atoms with Gasteiger partial charge in [-0.15, -0.1) is 0 Å². The number of carboxylic acids is 2. The summed E-state index contributed by atoms with van der Waals surface area (Å²) in [6.07, 6.45) is 26.6. The number of carboxylic acid groups (broad SMARTS) is 2. The molecule has 0 saturated carbocycles. The van der Waals surface area contributed by atoms with Crippen molar-refractivity contribution in [1.82, 2.24) is 5.32 Å². The van der Waals surface area contributed by atoms with Crippen LogP contribution in [0.2, 0.25) is 0 Å². The fourth-order valence-electron chi connectivity index (χ4n) is 3.76. The first-order chi connectivity index (χ1) is 15.1. The minimum atomic E-state index is -0.963. The number of allylic oxidation sites excluding steroid dienone is 2. The van der Waals surface area contributed by atoms with Gasteiger partial charge >= 0.3 is 11.9 Å². The van der Waals surface area contributed by atoms with Gasteiger partial charge in [-0.3, -0.25) is 9.59 Å². The van der Waals surface area contributed by atoms with Gasteiger partial charge in [0.25, 0.3) is 0 Å². The summed E-state index contributed by atoms with van der Waals surface area (Å²) >= 11 is 0. The maximum atomic E-state index is 11.1. The summed E-state index contributed by atoms with van der Waals surface area (Å²) < 4.78 is 0. The standard InChI is InChI=1S/C26H49NO4/c1-2-3-4-5-6-7-8-9-10-11-12-13-14-15-16-17-18-19-20-23-27-24(26(30)31)21-22-25(28)29/h9-10,24,27H,2-8,11-23H2,1H3,(H,28,29)(H,30,31)/b10-9-/t24-/m0/s1. The lowest BCUT2D eigenvalue weighted by Crippen LogP contribution is -2.37. The van der Waals surface area contributed by atoms with Crippen LogP contribution in [0.25, 0.3) is 0 Å². The molecular weight excluding hydrogens is 390 g/mol. The van der Waals surface area contributed by atoms with Crippen LogP contribution in [0, 0.1) is 0 Å². The number of hydrogen-bond donors (Lipinski definition) is 3. The quantitative estimate of drug-likeness (QED) is 0.110. The van der Waals surface area contributed by atoms with Crippen LogP contribution in [0.1, 0.15) is 129 Å². The van der Waals surface area contributed by atoms with Crippen LogP contribution < -0.4 is 5.32 Å². The van der Waals surface area contributed by atoms with Gasteiger partial charge in [0.2, 0.25) is 0 Å². The van der Waals surface area contributed by atoms with E-state index in [1.807, 2.05) is 0 Å². The third-order valence-corrected chi connectivity index (χ3v) is 5.77. The van der Waals surface area contributed by atoms with Crippen LogP contribution in [-0.2, 0) is 9.59 Å². The highest BCUT2D eigenvalue weighted by molar-refractivity contribution is 5.75. The van der Waals surface area contributed by atoms with Crippen LogP contribution >= 0.6 is 0 Å². The Morgan fingerprint density at radius 2 is 1.16 bits per heavy atom. The van der Waals surface area contributed by atoms with E-state index in [0.717, 1.165) is 12.8 Å². The van der Waals surface area contributed by atoms with Gasteiger partial charge in [0.05, 0.1) is 0 Å². The Hall–Kier alpha value is -1.36. The van der Waals surface area contributed by atoms with E-state index >= 15 is 0 Å². The first-order valence-electron chi connectivity index (χ1n) is 12.9. The molecule has 0 aromatic heterocycles. The summed E-state index contributed by atoms with van der Waals surface area (Å²) in [4.78, 5) is 21.6. The van der Waals surface area contributed by atoms with Gasteiger partial charge in [0.15, 0.2) is 0 Å². The fourth-order valence-corrected chi connectivity index (χ4v) is 3.76. The second-order valence-corrected chi connectivity index (χ2v) is 8.78. The van der Waals surface area contributed by atoms with Crippen LogP contribution in [0.4, 0.5) is 0 Å². The molecule has 0 spiro atoms. The number of aliphatic carboxylic acids is 2. The summed E-state index contributed by atoms with van der Waals surface area (Å²) in [5.74, 6) is -1.91. The molecule has 0 aliphatic rings. The monoisotopic (exact) mass is 439 g/mol. The van der Waals surface area contributed by atoms with Crippen molar-refractivity contribution in [1.29, 1.82) is 0 Å². The van der Waals surface area contributed by atoms with Gasteiger partial charge < -0.3 is 15.5 Å². The molecule has 0 radical (unpaired) electrons. The average molecular weight is 440 g/mol. The van der Waals surface area contributed by atoms with E-state index < -0.39 is 18.0 Å². The first-order valence-corrected chi connectivity index (χ1v) is 12.9. The molecule has 0 rings (SSSR count). The van der Waals surface area contributed by atoms with E-state index in [1.165, 1.54) is 96.3 Å². The van der Waals surface area contributed by atoms with Gasteiger partial charge in [-0.25, -0.2) is 0 Å². The molecule has 0 bridgehead atoms. The van der Waals surface area contributed by atoms with Gasteiger partial charge in [0.1, 0.15) is 6.04 Å². The molecule has 0 saturated heterocycles. The third-order valence-electron chi connectivity index (χ3n) is 5.77. The molecule has 0 amide bonds. The Morgan fingerprint density at radius 1 is 0.710 bits per heavy atom. The van der Waals surface area contributed by atoms with Crippen molar-refractivity contribution < 1.29 is 19.8 Å². The van der Waals surface area contributed by atoms with E-state index in [4.69, 9.17) is 10.2 Å². The Balaban J connectivity index is 3.31. The summed E-state index contributed by atoms with van der Waals surface area (Å²) in [5, 5.41) is 20.7. The highest BCUT2D eigenvalue weighted by Gasteiger charge is 2.17. The van der Waals surface area contributed by atoms with Gasteiger partial charge in [-0.2, -0.15) is 0 Å². The largest absolute Gasteiger partial charge is 0.481 e. The van der Waals surface area contributed by atoms with Gasteiger partial charge in [-0.05, 0) is 45.1 Å². The van der Waals surface area contributed by atoms with E-state index in [2.05, 4.69) is 24.4 Å². The molecule has 0 aromatic carbocycles. The molecule has 5 heteroatoms. The molecule has 0 heterocycles. The molecule has 5 nitrogen and oxygen atoms in total. The van der Waals surface area contributed by atoms with Crippen LogP contribution in [0.15, 0.2) is 12.2 Å². The molecule has 3 N–H and O–H groups in total. The van der Waals surface area contributed by atoms with Crippen molar-refractivity contribution in [2.45, 2.75) is 135 Å². The predicted octanol–water partition coefficient (Wildman–Crippen LogP) is 7.10. The lowest BCUT2D eigenvalue weighted by Gasteiger charge is -2.13.